The Balaban J connectivity index is 2.07. The topological polar surface area (TPSA) is 53.1 Å². The molecule has 4 nitrogen and oxygen atoms in total. The van der Waals surface area contributed by atoms with E-state index in [1.807, 2.05) is 18.2 Å². The van der Waals surface area contributed by atoms with E-state index in [4.69, 9.17) is 22.1 Å². The molecule has 1 fully saturated rings. The molecule has 18 heavy (non-hydrogen) atoms. The lowest BCUT2D eigenvalue weighted by atomic mass is 10.2. The Morgan fingerprint density at radius 1 is 1.44 bits per heavy atom. The highest BCUT2D eigenvalue weighted by atomic mass is 35.5. The number of nitrogens with zero attached hydrogens (tertiary/aromatic N) is 2. The number of rotatable bonds is 2. The lowest BCUT2D eigenvalue weighted by molar-refractivity contribution is 0.106. The van der Waals surface area contributed by atoms with E-state index in [1.54, 1.807) is 7.11 Å². The number of nitrogens with two attached hydrogens (primary N) is 1. The van der Waals surface area contributed by atoms with Gasteiger partial charge in [-0.1, -0.05) is 17.7 Å². The maximum atomic E-state index is 6.15. The van der Waals surface area contributed by atoms with Gasteiger partial charge in [0.25, 0.3) is 0 Å². The molecule has 1 saturated carbocycles. The predicted octanol–water partition coefficient (Wildman–Crippen LogP) is 3.01. The summed E-state index contributed by atoms with van der Waals surface area (Å²) in [6, 6.07) is 6.15. The smallest absolute Gasteiger partial charge is 0.201 e. The van der Waals surface area contributed by atoms with Crippen LogP contribution in [-0.4, -0.2) is 22.8 Å². The molecule has 0 aliphatic heterocycles. The van der Waals surface area contributed by atoms with Gasteiger partial charge in [0, 0.05) is 13.2 Å². The first-order valence-electron chi connectivity index (χ1n) is 6.15. The number of para-hydroxylation sites is 1. The van der Waals surface area contributed by atoms with Crippen LogP contribution in [0.3, 0.4) is 0 Å². The van der Waals surface area contributed by atoms with Gasteiger partial charge in [-0.05, 0) is 31.4 Å². The van der Waals surface area contributed by atoms with Crippen LogP contribution in [0, 0.1) is 0 Å². The van der Waals surface area contributed by atoms with Crippen molar-refractivity contribution in [3.8, 4) is 0 Å². The molecule has 2 aromatic rings. The van der Waals surface area contributed by atoms with Gasteiger partial charge in [-0.3, -0.25) is 0 Å². The summed E-state index contributed by atoms with van der Waals surface area (Å²) in [6.07, 6.45) is 3.45. The molecule has 0 bridgehead atoms. The lowest BCUT2D eigenvalue weighted by Crippen LogP contribution is -2.11. The van der Waals surface area contributed by atoms with E-state index in [0.717, 1.165) is 30.3 Å². The van der Waals surface area contributed by atoms with Gasteiger partial charge in [0.05, 0.1) is 16.6 Å². The lowest BCUT2D eigenvalue weighted by Gasteiger charge is -2.15. The zero-order valence-electron chi connectivity index (χ0n) is 10.3. The van der Waals surface area contributed by atoms with Crippen LogP contribution < -0.4 is 5.73 Å². The zero-order chi connectivity index (χ0) is 12.7. The number of hydrogen-bond acceptors (Lipinski definition) is 3. The molecule has 1 aliphatic carbocycles. The van der Waals surface area contributed by atoms with Crippen molar-refractivity contribution in [1.29, 1.82) is 0 Å². The predicted molar refractivity (Wildman–Crippen MR) is 72.8 cm³/mol. The Kier molecular flexibility index (Phi) is 2.92. The molecular weight excluding hydrogens is 250 g/mol. The second kappa shape index (κ2) is 4.44. The molecular formula is C13H16ClN3O. The van der Waals surface area contributed by atoms with Crippen LogP contribution in [0.2, 0.25) is 5.02 Å². The SMILES string of the molecule is COC1CCC(n2c(N)nc3c(Cl)cccc32)C1. The number of aromatic nitrogens is 2. The molecule has 2 unspecified atom stereocenters. The summed E-state index contributed by atoms with van der Waals surface area (Å²) in [5.41, 5.74) is 7.85. The van der Waals surface area contributed by atoms with Gasteiger partial charge in [0.2, 0.25) is 5.95 Å². The highest BCUT2D eigenvalue weighted by molar-refractivity contribution is 6.35. The van der Waals surface area contributed by atoms with E-state index in [-0.39, 0.29) is 0 Å². The molecule has 2 atom stereocenters. The van der Waals surface area contributed by atoms with Gasteiger partial charge in [-0.25, -0.2) is 4.98 Å². The molecule has 0 amide bonds. The number of anilines is 1. The normalized spacial score (nSPS) is 23.9. The van der Waals surface area contributed by atoms with Crippen LogP contribution in [-0.2, 0) is 4.74 Å². The highest BCUT2D eigenvalue weighted by Crippen LogP contribution is 2.37. The van der Waals surface area contributed by atoms with Crippen LogP contribution in [0.4, 0.5) is 5.95 Å². The quantitative estimate of drug-likeness (QED) is 0.908. The summed E-state index contributed by atoms with van der Waals surface area (Å²) in [7, 11) is 1.76. The van der Waals surface area contributed by atoms with Crippen LogP contribution in [0.1, 0.15) is 25.3 Å². The van der Waals surface area contributed by atoms with Crippen molar-refractivity contribution in [3.63, 3.8) is 0 Å². The molecule has 5 heteroatoms. The van der Waals surface area contributed by atoms with Gasteiger partial charge < -0.3 is 15.0 Å². The summed E-state index contributed by atoms with van der Waals surface area (Å²) < 4.78 is 7.51. The highest BCUT2D eigenvalue weighted by Gasteiger charge is 2.28. The molecule has 1 heterocycles. The average Bonchev–Trinajstić information content (AvgIpc) is 2.93. The summed E-state index contributed by atoms with van der Waals surface area (Å²) in [5.74, 6) is 0.542. The number of hydrogen-bond donors (Lipinski definition) is 1. The first kappa shape index (κ1) is 11.8. The van der Waals surface area contributed by atoms with E-state index in [2.05, 4.69) is 9.55 Å². The van der Waals surface area contributed by atoms with Crippen molar-refractivity contribution in [2.24, 2.45) is 0 Å². The number of ether oxygens (including phenoxy) is 1. The van der Waals surface area contributed by atoms with Gasteiger partial charge >= 0.3 is 0 Å². The molecule has 0 saturated heterocycles. The third-order valence-corrected chi connectivity index (χ3v) is 4.06. The maximum absolute atomic E-state index is 6.15. The van der Waals surface area contributed by atoms with Crippen molar-refractivity contribution < 1.29 is 4.74 Å². The summed E-state index contributed by atoms with van der Waals surface area (Å²) in [6.45, 7) is 0. The second-order valence-electron chi connectivity index (χ2n) is 4.77. The molecule has 0 radical (unpaired) electrons. The number of benzene rings is 1. The first-order valence-corrected chi connectivity index (χ1v) is 6.53. The Labute approximate surface area is 111 Å². The largest absolute Gasteiger partial charge is 0.381 e. The standard InChI is InChI=1S/C13H16ClN3O/c1-18-9-6-5-8(7-9)17-11-4-2-3-10(14)12(11)16-13(17)15/h2-4,8-9H,5-7H2,1H3,(H2,15,16). The van der Waals surface area contributed by atoms with Gasteiger partial charge in [0.15, 0.2) is 0 Å². The van der Waals surface area contributed by atoms with Gasteiger partial charge in [0.1, 0.15) is 5.52 Å². The van der Waals surface area contributed by atoms with Crippen molar-refractivity contribution in [2.75, 3.05) is 12.8 Å². The monoisotopic (exact) mass is 265 g/mol. The fourth-order valence-corrected chi connectivity index (χ4v) is 3.06. The number of fused-ring (bicyclic) bond motifs is 1. The van der Waals surface area contributed by atoms with E-state index < -0.39 is 0 Å². The van der Waals surface area contributed by atoms with Crippen molar-refractivity contribution in [1.82, 2.24) is 9.55 Å². The van der Waals surface area contributed by atoms with E-state index >= 15 is 0 Å². The maximum Gasteiger partial charge on any atom is 0.201 e. The third-order valence-electron chi connectivity index (χ3n) is 3.75. The van der Waals surface area contributed by atoms with Gasteiger partial charge in [-0.15, -0.1) is 0 Å². The summed E-state index contributed by atoms with van der Waals surface area (Å²) >= 11 is 6.15. The van der Waals surface area contributed by atoms with Crippen LogP contribution in [0.15, 0.2) is 18.2 Å². The number of methoxy groups -OCH3 is 1. The average molecular weight is 266 g/mol. The summed E-state index contributed by atoms with van der Waals surface area (Å²) in [4.78, 5) is 4.38. The van der Waals surface area contributed by atoms with Gasteiger partial charge in [-0.2, -0.15) is 0 Å². The minimum atomic E-state index is 0.325. The molecule has 3 rings (SSSR count). The van der Waals surface area contributed by atoms with Crippen molar-refractivity contribution in [2.45, 2.75) is 31.4 Å². The van der Waals surface area contributed by atoms with Crippen molar-refractivity contribution >= 4 is 28.6 Å². The molecule has 0 spiro atoms. The number of imidazole rings is 1. The Morgan fingerprint density at radius 3 is 3.00 bits per heavy atom. The molecule has 2 N–H and O–H groups in total. The molecule has 1 aromatic heterocycles. The fourth-order valence-electron chi connectivity index (χ4n) is 2.85. The minimum Gasteiger partial charge on any atom is -0.381 e. The van der Waals surface area contributed by atoms with E-state index in [9.17, 15) is 0 Å². The number of nitrogen functional groups attached to an aromatic ring is 1. The van der Waals surface area contributed by atoms with E-state index in [0.29, 0.717) is 23.1 Å². The third kappa shape index (κ3) is 1.76. The zero-order valence-corrected chi connectivity index (χ0v) is 11.0. The number of halogens is 1. The van der Waals surface area contributed by atoms with Crippen molar-refractivity contribution in [3.05, 3.63) is 23.2 Å². The van der Waals surface area contributed by atoms with Crippen LogP contribution in [0.5, 0.6) is 0 Å². The Bertz CT molecular complexity index is 581. The van der Waals surface area contributed by atoms with Crippen LogP contribution in [0.25, 0.3) is 11.0 Å². The Hall–Kier alpha value is -1.26. The summed E-state index contributed by atoms with van der Waals surface area (Å²) in [5, 5.41) is 0.652. The van der Waals surface area contributed by atoms with Crippen LogP contribution >= 0.6 is 11.6 Å². The first-order chi connectivity index (χ1) is 8.70. The molecule has 96 valence electrons. The fraction of sp³-hybridized carbons (Fsp3) is 0.462. The second-order valence-corrected chi connectivity index (χ2v) is 5.18. The minimum absolute atomic E-state index is 0.325. The molecule has 1 aromatic carbocycles. The Morgan fingerprint density at radius 2 is 2.28 bits per heavy atom. The molecule has 1 aliphatic rings. The van der Waals surface area contributed by atoms with E-state index in [1.165, 1.54) is 0 Å².